The molecule has 0 spiro atoms. The summed E-state index contributed by atoms with van der Waals surface area (Å²) in [4.78, 5) is 20.9. The average Bonchev–Trinajstić information content (AvgIpc) is 2.73. The van der Waals surface area contributed by atoms with E-state index in [0.29, 0.717) is 43.1 Å². The predicted molar refractivity (Wildman–Crippen MR) is 104 cm³/mol. The molecule has 0 unspecified atom stereocenters. The van der Waals surface area contributed by atoms with E-state index in [-0.39, 0.29) is 10.8 Å². The summed E-state index contributed by atoms with van der Waals surface area (Å²) >= 11 is 0. The van der Waals surface area contributed by atoms with Crippen molar-refractivity contribution in [1.29, 1.82) is 5.26 Å². The number of benzene rings is 1. The van der Waals surface area contributed by atoms with Gasteiger partial charge in [0.1, 0.15) is 5.82 Å². The highest BCUT2D eigenvalue weighted by atomic mass is 32.2. The van der Waals surface area contributed by atoms with E-state index in [9.17, 15) is 13.2 Å². The Morgan fingerprint density at radius 1 is 1.14 bits per heavy atom. The lowest BCUT2D eigenvalue weighted by atomic mass is 10.2. The molecule has 2 heterocycles. The van der Waals surface area contributed by atoms with Crippen LogP contribution in [0.4, 0.5) is 5.82 Å². The number of nitrogens with zero attached hydrogens (tertiary/aromatic N) is 5. The minimum absolute atomic E-state index is 0.0968. The normalized spacial score (nSPS) is 14.8. The van der Waals surface area contributed by atoms with Gasteiger partial charge in [-0.25, -0.2) is 17.7 Å². The zero-order chi connectivity index (χ0) is 20.3. The van der Waals surface area contributed by atoms with Crippen LogP contribution < -0.4 is 4.90 Å². The van der Waals surface area contributed by atoms with E-state index in [1.165, 1.54) is 26.2 Å². The summed E-state index contributed by atoms with van der Waals surface area (Å²) in [5.41, 5.74) is 0.892. The molecule has 1 aliphatic rings. The van der Waals surface area contributed by atoms with Crippen molar-refractivity contribution in [2.75, 3.05) is 45.2 Å². The Kier molecular flexibility index (Phi) is 5.63. The van der Waals surface area contributed by atoms with Crippen molar-refractivity contribution >= 4 is 21.7 Å². The van der Waals surface area contributed by atoms with Crippen LogP contribution in [-0.2, 0) is 10.0 Å². The Hall–Kier alpha value is -2.96. The van der Waals surface area contributed by atoms with Crippen molar-refractivity contribution < 1.29 is 13.2 Å². The molecule has 0 bridgehead atoms. The van der Waals surface area contributed by atoms with Gasteiger partial charge in [-0.2, -0.15) is 5.26 Å². The molecule has 1 aliphatic heterocycles. The van der Waals surface area contributed by atoms with Gasteiger partial charge in [-0.3, -0.25) is 4.79 Å². The Morgan fingerprint density at radius 2 is 1.86 bits per heavy atom. The monoisotopic (exact) mass is 399 g/mol. The summed E-state index contributed by atoms with van der Waals surface area (Å²) < 4.78 is 25.7. The van der Waals surface area contributed by atoms with E-state index >= 15 is 0 Å². The fraction of sp³-hybridized carbons (Fsp3) is 0.316. The van der Waals surface area contributed by atoms with Crippen LogP contribution >= 0.6 is 0 Å². The molecular formula is C19H21N5O3S. The van der Waals surface area contributed by atoms with Crippen molar-refractivity contribution in [3.8, 4) is 6.07 Å². The number of carbonyl (C=O) groups excluding carboxylic acids is 1. The number of amides is 1. The SMILES string of the molecule is CN(C)S(=O)(=O)c1cccc(C(=O)N2CCN(c3cc(C#N)ccn3)CC2)c1. The van der Waals surface area contributed by atoms with Gasteiger partial charge in [0.05, 0.1) is 16.5 Å². The summed E-state index contributed by atoms with van der Waals surface area (Å²) in [6.07, 6.45) is 1.60. The van der Waals surface area contributed by atoms with Gasteiger partial charge in [0, 0.05) is 52.0 Å². The van der Waals surface area contributed by atoms with Crippen LogP contribution in [0.15, 0.2) is 47.5 Å². The molecule has 1 amide bonds. The standard InChI is InChI=1S/C19H21N5O3S/c1-22(2)28(26,27)17-5-3-4-16(13-17)19(25)24-10-8-23(9-11-24)18-12-15(14-20)6-7-21-18/h3-7,12-13H,8-11H2,1-2H3. The van der Waals surface area contributed by atoms with Crippen LogP contribution in [0, 0.1) is 11.3 Å². The van der Waals surface area contributed by atoms with E-state index in [1.54, 1.807) is 35.4 Å². The number of carbonyl (C=O) groups is 1. The minimum Gasteiger partial charge on any atom is -0.353 e. The second kappa shape index (κ2) is 7.96. The number of pyridine rings is 1. The molecule has 8 nitrogen and oxygen atoms in total. The Balaban J connectivity index is 1.71. The zero-order valence-corrected chi connectivity index (χ0v) is 16.6. The molecule has 146 valence electrons. The molecule has 0 aliphatic carbocycles. The highest BCUT2D eigenvalue weighted by Crippen LogP contribution is 2.19. The maximum Gasteiger partial charge on any atom is 0.254 e. The molecule has 1 saturated heterocycles. The smallest absolute Gasteiger partial charge is 0.254 e. The Morgan fingerprint density at radius 3 is 2.50 bits per heavy atom. The van der Waals surface area contributed by atoms with Gasteiger partial charge in [-0.1, -0.05) is 6.07 Å². The molecule has 28 heavy (non-hydrogen) atoms. The van der Waals surface area contributed by atoms with E-state index in [1.807, 2.05) is 4.90 Å². The molecular weight excluding hydrogens is 378 g/mol. The maximum absolute atomic E-state index is 12.8. The van der Waals surface area contributed by atoms with Gasteiger partial charge < -0.3 is 9.80 Å². The van der Waals surface area contributed by atoms with Crippen molar-refractivity contribution in [1.82, 2.24) is 14.2 Å². The Bertz CT molecular complexity index is 1020. The fourth-order valence-electron chi connectivity index (χ4n) is 2.98. The van der Waals surface area contributed by atoms with Gasteiger partial charge in [0.2, 0.25) is 10.0 Å². The number of piperazine rings is 1. The van der Waals surface area contributed by atoms with Crippen molar-refractivity contribution in [2.24, 2.45) is 0 Å². The van der Waals surface area contributed by atoms with E-state index in [0.717, 1.165) is 4.31 Å². The first-order chi connectivity index (χ1) is 13.3. The molecule has 1 aromatic heterocycles. The first-order valence-electron chi connectivity index (χ1n) is 8.76. The molecule has 0 radical (unpaired) electrons. The third kappa shape index (κ3) is 3.98. The summed E-state index contributed by atoms with van der Waals surface area (Å²) in [5, 5.41) is 9.02. The topological polar surface area (TPSA) is 97.6 Å². The number of nitriles is 1. The summed E-state index contributed by atoms with van der Waals surface area (Å²) in [7, 11) is -0.682. The lowest BCUT2D eigenvalue weighted by molar-refractivity contribution is 0.0746. The summed E-state index contributed by atoms with van der Waals surface area (Å²) in [6.45, 7) is 2.15. The zero-order valence-electron chi connectivity index (χ0n) is 15.7. The highest BCUT2D eigenvalue weighted by molar-refractivity contribution is 7.89. The van der Waals surface area contributed by atoms with Gasteiger partial charge >= 0.3 is 0 Å². The summed E-state index contributed by atoms with van der Waals surface area (Å²) in [5.74, 6) is 0.513. The number of aromatic nitrogens is 1. The molecule has 3 rings (SSSR count). The van der Waals surface area contributed by atoms with Crippen LogP contribution in [0.5, 0.6) is 0 Å². The molecule has 1 aromatic carbocycles. The molecule has 1 fully saturated rings. The van der Waals surface area contributed by atoms with Crippen molar-refractivity contribution in [2.45, 2.75) is 4.90 Å². The minimum atomic E-state index is -3.60. The second-order valence-electron chi connectivity index (χ2n) is 6.61. The number of sulfonamides is 1. The predicted octanol–water partition coefficient (Wildman–Crippen LogP) is 1.17. The van der Waals surface area contributed by atoms with E-state index < -0.39 is 10.0 Å². The summed E-state index contributed by atoms with van der Waals surface area (Å²) in [6, 6.07) is 11.6. The number of hydrogen-bond acceptors (Lipinski definition) is 6. The van der Waals surface area contributed by atoms with Crippen molar-refractivity contribution in [3.63, 3.8) is 0 Å². The van der Waals surface area contributed by atoms with E-state index in [2.05, 4.69) is 11.1 Å². The first kappa shape index (κ1) is 19.8. The molecule has 0 saturated carbocycles. The molecule has 0 atom stereocenters. The van der Waals surface area contributed by atoms with E-state index in [4.69, 9.17) is 5.26 Å². The largest absolute Gasteiger partial charge is 0.353 e. The maximum atomic E-state index is 12.8. The second-order valence-corrected chi connectivity index (χ2v) is 8.76. The third-order valence-electron chi connectivity index (χ3n) is 4.63. The molecule has 9 heteroatoms. The number of rotatable bonds is 4. The van der Waals surface area contributed by atoms with Crippen molar-refractivity contribution in [3.05, 3.63) is 53.7 Å². The fourth-order valence-corrected chi connectivity index (χ4v) is 3.93. The lowest BCUT2D eigenvalue weighted by Gasteiger charge is -2.35. The Labute approximate surface area is 164 Å². The number of hydrogen-bond donors (Lipinski definition) is 0. The van der Waals surface area contributed by atoms with Crippen LogP contribution in [0.2, 0.25) is 0 Å². The van der Waals surface area contributed by atoms with Gasteiger partial charge in [0.15, 0.2) is 0 Å². The number of anilines is 1. The van der Waals surface area contributed by atoms with Crippen LogP contribution in [0.3, 0.4) is 0 Å². The first-order valence-corrected chi connectivity index (χ1v) is 10.2. The lowest BCUT2D eigenvalue weighted by Crippen LogP contribution is -2.49. The quantitative estimate of drug-likeness (QED) is 0.765. The van der Waals surface area contributed by atoms with Gasteiger partial charge in [0.25, 0.3) is 5.91 Å². The van der Waals surface area contributed by atoms with Gasteiger partial charge in [-0.15, -0.1) is 0 Å². The highest BCUT2D eigenvalue weighted by Gasteiger charge is 2.25. The van der Waals surface area contributed by atoms with Gasteiger partial charge in [-0.05, 0) is 30.3 Å². The van der Waals surface area contributed by atoms with Crippen LogP contribution in [0.1, 0.15) is 15.9 Å². The van der Waals surface area contributed by atoms with Crippen LogP contribution in [-0.4, -0.2) is 68.8 Å². The average molecular weight is 399 g/mol. The molecule has 2 aromatic rings. The third-order valence-corrected chi connectivity index (χ3v) is 6.44. The molecule has 0 N–H and O–H groups in total. The van der Waals surface area contributed by atoms with Crippen LogP contribution in [0.25, 0.3) is 0 Å².